The van der Waals surface area contributed by atoms with Crippen molar-refractivity contribution in [1.82, 2.24) is 4.90 Å². The lowest BCUT2D eigenvalue weighted by Gasteiger charge is -2.33. The van der Waals surface area contributed by atoms with Gasteiger partial charge < -0.3 is 10.6 Å². The first-order valence-corrected chi connectivity index (χ1v) is 5.58. The lowest BCUT2D eigenvalue weighted by molar-refractivity contribution is -0.141. The molecule has 1 fully saturated rings. The molecule has 1 aliphatic carbocycles. The summed E-state index contributed by atoms with van der Waals surface area (Å²) in [5.41, 5.74) is 5.43. The molecule has 1 rings (SSSR count). The van der Waals surface area contributed by atoms with Gasteiger partial charge in [0.2, 0.25) is 5.91 Å². The van der Waals surface area contributed by atoms with Crippen molar-refractivity contribution in [2.75, 3.05) is 13.6 Å². The highest BCUT2D eigenvalue weighted by Crippen LogP contribution is 2.33. The van der Waals surface area contributed by atoms with Gasteiger partial charge in [0.1, 0.15) is 0 Å². The van der Waals surface area contributed by atoms with E-state index in [-0.39, 0.29) is 11.3 Å². The SMILES string of the molecule is CCC(CC)(CN)C(=O)N(C)C1CC1. The van der Waals surface area contributed by atoms with Crippen LogP contribution in [0.5, 0.6) is 0 Å². The molecule has 0 bridgehead atoms. The van der Waals surface area contributed by atoms with E-state index in [4.69, 9.17) is 5.73 Å². The summed E-state index contributed by atoms with van der Waals surface area (Å²) in [6.07, 6.45) is 4.01. The predicted octanol–water partition coefficient (Wildman–Crippen LogP) is 1.37. The average molecular weight is 198 g/mol. The molecule has 0 radical (unpaired) electrons. The molecule has 0 atom stereocenters. The maximum absolute atomic E-state index is 12.2. The highest BCUT2D eigenvalue weighted by atomic mass is 16.2. The summed E-state index contributed by atoms with van der Waals surface area (Å²) < 4.78 is 0. The maximum atomic E-state index is 12.2. The van der Waals surface area contributed by atoms with Crippen LogP contribution in [0.4, 0.5) is 0 Å². The fourth-order valence-electron chi connectivity index (χ4n) is 1.93. The van der Waals surface area contributed by atoms with E-state index in [1.54, 1.807) is 0 Å². The smallest absolute Gasteiger partial charge is 0.230 e. The molecule has 0 aromatic carbocycles. The van der Waals surface area contributed by atoms with Gasteiger partial charge >= 0.3 is 0 Å². The molecule has 3 heteroatoms. The Bertz CT molecular complexity index is 199. The minimum atomic E-state index is -0.308. The normalized spacial score (nSPS) is 16.9. The van der Waals surface area contributed by atoms with Crippen LogP contribution in [0, 0.1) is 5.41 Å². The second kappa shape index (κ2) is 4.30. The van der Waals surface area contributed by atoms with E-state index >= 15 is 0 Å². The Balaban J connectivity index is 2.70. The molecule has 0 aliphatic heterocycles. The molecule has 1 aliphatic rings. The van der Waals surface area contributed by atoms with E-state index in [2.05, 4.69) is 13.8 Å². The molecule has 1 amide bonds. The molecule has 0 unspecified atom stereocenters. The Morgan fingerprint density at radius 1 is 1.43 bits per heavy atom. The first-order valence-electron chi connectivity index (χ1n) is 5.58. The van der Waals surface area contributed by atoms with Crippen LogP contribution in [0.25, 0.3) is 0 Å². The molecule has 82 valence electrons. The zero-order valence-corrected chi connectivity index (χ0v) is 9.55. The molecule has 2 N–H and O–H groups in total. The van der Waals surface area contributed by atoms with Crippen molar-refractivity contribution in [1.29, 1.82) is 0 Å². The lowest BCUT2D eigenvalue weighted by atomic mass is 9.81. The van der Waals surface area contributed by atoms with Crippen molar-refractivity contribution in [3.8, 4) is 0 Å². The number of carbonyl (C=O) groups is 1. The number of hydrogen-bond donors (Lipinski definition) is 1. The first kappa shape index (κ1) is 11.5. The third-order valence-corrected chi connectivity index (χ3v) is 3.61. The minimum Gasteiger partial charge on any atom is -0.342 e. The molecule has 0 aromatic heterocycles. The van der Waals surface area contributed by atoms with Crippen LogP contribution in [-0.4, -0.2) is 30.4 Å². The Morgan fingerprint density at radius 2 is 1.93 bits per heavy atom. The third kappa shape index (κ3) is 1.92. The van der Waals surface area contributed by atoms with Gasteiger partial charge in [0.25, 0.3) is 0 Å². The minimum absolute atomic E-state index is 0.243. The van der Waals surface area contributed by atoms with E-state index in [0.29, 0.717) is 12.6 Å². The molecule has 0 saturated heterocycles. The second-order valence-electron chi connectivity index (χ2n) is 4.34. The first-order chi connectivity index (χ1) is 6.61. The van der Waals surface area contributed by atoms with Crippen molar-refractivity contribution in [3.05, 3.63) is 0 Å². The van der Waals surface area contributed by atoms with Crippen molar-refractivity contribution >= 4 is 5.91 Å². The van der Waals surface area contributed by atoms with Crippen LogP contribution in [-0.2, 0) is 4.79 Å². The van der Waals surface area contributed by atoms with Crippen LogP contribution in [0.3, 0.4) is 0 Å². The zero-order chi connectivity index (χ0) is 10.8. The van der Waals surface area contributed by atoms with E-state index in [9.17, 15) is 4.79 Å². The predicted molar refractivity (Wildman–Crippen MR) is 57.9 cm³/mol. The van der Waals surface area contributed by atoms with Crippen molar-refractivity contribution < 1.29 is 4.79 Å². The van der Waals surface area contributed by atoms with Gasteiger partial charge in [0.05, 0.1) is 5.41 Å². The molecular formula is C11H22N2O. The Kier molecular flexibility index (Phi) is 3.53. The van der Waals surface area contributed by atoms with Gasteiger partial charge in [-0.25, -0.2) is 0 Å². The summed E-state index contributed by atoms with van der Waals surface area (Å²) in [5.74, 6) is 0.243. The largest absolute Gasteiger partial charge is 0.342 e. The fourth-order valence-corrected chi connectivity index (χ4v) is 1.93. The van der Waals surface area contributed by atoms with Crippen LogP contribution in [0.15, 0.2) is 0 Å². The van der Waals surface area contributed by atoms with Crippen LogP contribution in [0.1, 0.15) is 39.5 Å². The Morgan fingerprint density at radius 3 is 2.21 bits per heavy atom. The zero-order valence-electron chi connectivity index (χ0n) is 9.55. The van der Waals surface area contributed by atoms with Crippen LogP contribution >= 0.6 is 0 Å². The molecule has 1 saturated carbocycles. The number of nitrogens with two attached hydrogens (primary N) is 1. The topological polar surface area (TPSA) is 46.3 Å². The summed E-state index contributed by atoms with van der Waals surface area (Å²) in [4.78, 5) is 14.1. The van der Waals surface area contributed by atoms with Crippen LogP contribution in [0.2, 0.25) is 0 Å². The quantitative estimate of drug-likeness (QED) is 0.725. The number of nitrogens with zero attached hydrogens (tertiary/aromatic N) is 1. The molecular weight excluding hydrogens is 176 g/mol. The Hall–Kier alpha value is -0.570. The number of hydrogen-bond acceptors (Lipinski definition) is 2. The Labute approximate surface area is 86.6 Å². The standard InChI is InChI=1S/C11H22N2O/c1-4-11(5-2,8-12)10(14)13(3)9-6-7-9/h9H,4-8,12H2,1-3H3. The van der Waals surface area contributed by atoms with Gasteiger partial charge in [-0.2, -0.15) is 0 Å². The van der Waals surface area contributed by atoms with Gasteiger partial charge in [0, 0.05) is 19.6 Å². The number of amides is 1. The van der Waals surface area contributed by atoms with Gasteiger partial charge in [-0.1, -0.05) is 13.8 Å². The number of rotatable bonds is 5. The van der Waals surface area contributed by atoms with E-state index in [0.717, 1.165) is 25.7 Å². The summed E-state index contributed by atoms with van der Waals surface area (Å²) in [6.45, 7) is 4.57. The molecule has 0 heterocycles. The van der Waals surface area contributed by atoms with Gasteiger partial charge in [-0.3, -0.25) is 4.79 Å². The lowest BCUT2D eigenvalue weighted by Crippen LogP contribution is -2.46. The van der Waals surface area contributed by atoms with E-state index in [1.165, 1.54) is 0 Å². The summed E-state index contributed by atoms with van der Waals surface area (Å²) >= 11 is 0. The van der Waals surface area contributed by atoms with Gasteiger partial charge in [-0.15, -0.1) is 0 Å². The second-order valence-corrected chi connectivity index (χ2v) is 4.34. The highest BCUT2D eigenvalue weighted by molar-refractivity contribution is 5.83. The van der Waals surface area contributed by atoms with Crippen molar-refractivity contribution in [3.63, 3.8) is 0 Å². The molecule has 0 spiro atoms. The number of carbonyl (C=O) groups excluding carboxylic acids is 1. The van der Waals surface area contributed by atoms with Gasteiger partial charge in [-0.05, 0) is 25.7 Å². The maximum Gasteiger partial charge on any atom is 0.230 e. The average Bonchev–Trinajstić information content (AvgIpc) is 3.03. The monoisotopic (exact) mass is 198 g/mol. The van der Waals surface area contributed by atoms with Crippen molar-refractivity contribution in [2.45, 2.75) is 45.6 Å². The van der Waals surface area contributed by atoms with E-state index < -0.39 is 0 Å². The molecule has 0 aromatic rings. The summed E-state index contributed by atoms with van der Waals surface area (Å²) in [7, 11) is 1.91. The highest BCUT2D eigenvalue weighted by Gasteiger charge is 2.40. The fraction of sp³-hybridized carbons (Fsp3) is 0.909. The van der Waals surface area contributed by atoms with E-state index in [1.807, 2.05) is 11.9 Å². The summed E-state index contributed by atoms with van der Waals surface area (Å²) in [6, 6.07) is 0.492. The van der Waals surface area contributed by atoms with Crippen molar-refractivity contribution in [2.24, 2.45) is 11.1 Å². The van der Waals surface area contributed by atoms with Crippen LogP contribution < -0.4 is 5.73 Å². The van der Waals surface area contributed by atoms with Gasteiger partial charge in [0.15, 0.2) is 0 Å². The molecule has 14 heavy (non-hydrogen) atoms. The molecule has 3 nitrogen and oxygen atoms in total. The third-order valence-electron chi connectivity index (χ3n) is 3.61. The summed E-state index contributed by atoms with van der Waals surface area (Å²) in [5, 5.41) is 0.